The summed E-state index contributed by atoms with van der Waals surface area (Å²) in [6.45, 7) is 1.84. The summed E-state index contributed by atoms with van der Waals surface area (Å²) in [6.07, 6.45) is 4.89. The van der Waals surface area contributed by atoms with E-state index >= 15 is 0 Å². The minimum Gasteiger partial charge on any atom is -0.356 e. The first kappa shape index (κ1) is 12.8. The summed E-state index contributed by atoms with van der Waals surface area (Å²) in [5, 5.41) is 10.2. The fourth-order valence-corrected chi connectivity index (χ4v) is 3.79. The van der Waals surface area contributed by atoms with E-state index in [1.54, 1.807) is 0 Å². The summed E-state index contributed by atoms with van der Waals surface area (Å²) < 4.78 is 1.50. The fourth-order valence-electron chi connectivity index (χ4n) is 3.79. The van der Waals surface area contributed by atoms with Gasteiger partial charge in [0, 0.05) is 31.2 Å². The smallest absolute Gasteiger partial charge is 0.349 e. The molecule has 2 atom stereocenters. The Hall–Kier alpha value is -1.89. The maximum Gasteiger partial charge on any atom is 0.349 e. The zero-order chi connectivity index (χ0) is 14.6. The summed E-state index contributed by atoms with van der Waals surface area (Å²) in [4.78, 5) is 18.5. The Labute approximate surface area is 122 Å². The van der Waals surface area contributed by atoms with Crippen molar-refractivity contribution in [3.8, 4) is 0 Å². The fraction of sp³-hybridized carbons (Fsp3) is 0.643. The molecule has 2 aromatic rings. The van der Waals surface area contributed by atoms with Gasteiger partial charge in [-0.25, -0.2) is 19.3 Å². The SMILES string of the molecule is Cc1nc(N(C)C2CC3CCC(C2)N3)cc2n[nH]c(=O)n12. The predicted octanol–water partition coefficient (Wildman–Crippen LogP) is 0.445. The van der Waals surface area contributed by atoms with Crippen molar-refractivity contribution >= 4 is 11.5 Å². The van der Waals surface area contributed by atoms with E-state index in [0.29, 0.717) is 29.6 Å². The van der Waals surface area contributed by atoms with Crippen molar-refractivity contribution in [3.63, 3.8) is 0 Å². The van der Waals surface area contributed by atoms with Gasteiger partial charge in [-0.2, -0.15) is 5.10 Å². The quantitative estimate of drug-likeness (QED) is 0.838. The number of fused-ring (bicyclic) bond motifs is 3. The number of aryl methyl sites for hydroxylation is 1. The number of nitrogens with one attached hydrogen (secondary N) is 2. The van der Waals surface area contributed by atoms with Gasteiger partial charge < -0.3 is 10.2 Å². The molecule has 112 valence electrons. The average molecular weight is 288 g/mol. The molecule has 7 heteroatoms. The molecule has 7 nitrogen and oxygen atoms in total. The monoisotopic (exact) mass is 288 g/mol. The second-order valence-electron chi connectivity index (χ2n) is 6.26. The number of piperidine rings is 1. The molecule has 2 aliphatic heterocycles. The van der Waals surface area contributed by atoms with Crippen molar-refractivity contribution in [2.24, 2.45) is 0 Å². The Morgan fingerprint density at radius 2 is 2.05 bits per heavy atom. The Balaban J connectivity index is 1.67. The molecule has 4 heterocycles. The van der Waals surface area contributed by atoms with E-state index in [9.17, 15) is 4.79 Å². The van der Waals surface area contributed by atoms with Gasteiger partial charge in [-0.3, -0.25) is 0 Å². The normalized spacial score (nSPS) is 28.2. The van der Waals surface area contributed by atoms with Gasteiger partial charge in [-0.05, 0) is 32.6 Å². The third kappa shape index (κ3) is 2.03. The first-order valence-electron chi connectivity index (χ1n) is 7.55. The zero-order valence-electron chi connectivity index (χ0n) is 12.3. The second kappa shape index (κ2) is 4.56. The minimum absolute atomic E-state index is 0.232. The van der Waals surface area contributed by atoms with E-state index in [1.807, 2.05) is 13.0 Å². The van der Waals surface area contributed by atoms with Gasteiger partial charge in [0.1, 0.15) is 11.6 Å². The molecule has 2 unspecified atom stereocenters. The summed E-state index contributed by atoms with van der Waals surface area (Å²) in [6, 6.07) is 3.68. The van der Waals surface area contributed by atoms with Crippen LogP contribution in [0.5, 0.6) is 0 Å². The van der Waals surface area contributed by atoms with Crippen molar-refractivity contribution in [2.75, 3.05) is 11.9 Å². The van der Waals surface area contributed by atoms with Gasteiger partial charge in [0.15, 0.2) is 5.65 Å². The Morgan fingerprint density at radius 3 is 2.76 bits per heavy atom. The number of rotatable bonds is 2. The topological polar surface area (TPSA) is 78.3 Å². The lowest BCUT2D eigenvalue weighted by Crippen LogP contribution is -2.47. The lowest BCUT2D eigenvalue weighted by atomic mass is 9.98. The van der Waals surface area contributed by atoms with E-state index in [2.05, 4.69) is 32.4 Å². The molecule has 4 rings (SSSR count). The van der Waals surface area contributed by atoms with E-state index < -0.39 is 0 Å². The Kier molecular flexibility index (Phi) is 2.78. The van der Waals surface area contributed by atoms with Crippen LogP contribution in [0.2, 0.25) is 0 Å². The Morgan fingerprint density at radius 1 is 1.33 bits per heavy atom. The van der Waals surface area contributed by atoms with Crippen LogP contribution in [0.15, 0.2) is 10.9 Å². The number of H-pyrrole nitrogens is 1. The maximum absolute atomic E-state index is 11.7. The largest absolute Gasteiger partial charge is 0.356 e. The van der Waals surface area contributed by atoms with Crippen LogP contribution in [0.25, 0.3) is 5.65 Å². The van der Waals surface area contributed by atoms with Crippen molar-refractivity contribution in [2.45, 2.75) is 50.7 Å². The summed E-state index contributed by atoms with van der Waals surface area (Å²) in [5.41, 5.74) is 0.398. The van der Waals surface area contributed by atoms with Crippen LogP contribution in [-0.4, -0.2) is 44.8 Å². The van der Waals surface area contributed by atoms with Gasteiger partial charge in [0.2, 0.25) is 0 Å². The highest BCUT2D eigenvalue weighted by atomic mass is 16.1. The van der Waals surface area contributed by atoms with Crippen LogP contribution in [-0.2, 0) is 0 Å². The summed E-state index contributed by atoms with van der Waals surface area (Å²) >= 11 is 0. The number of hydrogen-bond donors (Lipinski definition) is 2. The zero-order valence-corrected chi connectivity index (χ0v) is 12.3. The highest BCUT2D eigenvalue weighted by molar-refractivity contribution is 5.51. The number of nitrogens with zero attached hydrogens (tertiary/aromatic N) is 4. The van der Waals surface area contributed by atoms with Crippen LogP contribution < -0.4 is 15.9 Å². The lowest BCUT2D eigenvalue weighted by molar-refractivity contribution is 0.353. The highest BCUT2D eigenvalue weighted by Gasteiger charge is 2.35. The molecule has 0 aromatic carbocycles. The predicted molar refractivity (Wildman–Crippen MR) is 79.7 cm³/mol. The van der Waals surface area contributed by atoms with Gasteiger partial charge >= 0.3 is 5.69 Å². The van der Waals surface area contributed by atoms with Gasteiger partial charge in [0.05, 0.1) is 0 Å². The van der Waals surface area contributed by atoms with Crippen molar-refractivity contribution in [1.82, 2.24) is 24.9 Å². The van der Waals surface area contributed by atoms with Crippen LogP contribution in [0.4, 0.5) is 5.82 Å². The highest BCUT2D eigenvalue weighted by Crippen LogP contribution is 2.31. The molecule has 2 bridgehead atoms. The lowest BCUT2D eigenvalue weighted by Gasteiger charge is -2.36. The van der Waals surface area contributed by atoms with Crippen molar-refractivity contribution < 1.29 is 0 Å². The number of aromatic nitrogens is 4. The molecular formula is C14H20N6O. The standard InChI is InChI=1S/C14H20N6O/c1-8-15-12(7-13-17-18-14(21)20(8)13)19(2)11-5-9-3-4-10(6-11)16-9/h7,9-11,16H,3-6H2,1-2H3,(H,18,21). The maximum atomic E-state index is 11.7. The first-order chi connectivity index (χ1) is 10.1. The van der Waals surface area contributed by atoms with E-state index in [0.717, 1.165) is 18.7 Å². The minimum atomic E-state index is -0.232. The van der Waals surface area contributed by atoms with E-state index in [4.69, 9.17) is 0 Å². The molecule has 0 amide bonds. The number of hydrogen-bond acceptors (Lipinski definition) is 5. The van der Waals surface area contributed by atoms with Crippen LogP contribution >= 0.6 is 0 Å². The molecule has 0 aliphatic carbocycles. The van der Waals surface area contributed by atoms with Crippen LogP contribution in [0.1, 0.15) is 31.5 Å². The van der Waals surface area contributed by atoms with Gasteiger partial charge in [0.25, 0.3) is 0 Å². The molecule has 0 spiro atoms. The van der Waals surface area contributed by atoms with E-state index in [1.165, 1.54) is 17.2 Å². The van der Waals surface area contributed by atoms with Gasteiger partial charge in [-0.15, -0.1) is 0 Å². The molecule has 21 heavy (non-hydrogen) atoms. The first-order valence-corrected chi connectivity index (χ1v) is 7.55. The molecular weight excluding hydrogens is 268 g/mol. The van der Waals surface area contributed by atoms with Crippen LogP contribution in [0, 0.1) is 6.92 Å². The van der Waals surface area contributed by atoms with Crippen LogP contribution in [0.3, 0.4) is 0 Å². The van der Waals surface area contributed by atoms with Crippen molar-refractivity contribution in [3.05, 3.63) is 22.4 Å². The second-order valence-corrected chi connectivity index (χ2v) is 6.26. The third-order valence-corrected chi connectivity index (χ3v) is 4.91. The molecule has 2 aromatic heterocycles. The third-order valence-electron chi connectivity index (χ3n) is 4.91. The average Bonchev–Trinajstić information content (AvgIpc) is 3.01. The molecule has 0 saturated carbocycles. The van der Waals surface area contributed by atoms with Gasteiger partial charge in [-0.1, -0.05) is 0 Å². The molecule has 2 aliphatic rings. The molecule has 2 saturated heterocycles. The molecule has 0 radical (unpaired) electrons. The Bertz CT molecular complexity index is 723. The molecule has 2 fully saturated rings. The molecule has 2 N–H and O–H groups in total. The number of anilines is 1. The van der Waals surface area contributed by atoms with E-state index in [-0.39, 0.29) is 5.69 Å². The summed E-state index contributed by atoms with van der Waals surface area (Å²) in [7, 11) is 2.10. The van der Waals surface area contributed by atoms with Crippen molar-refractivity contribution in [1.29, 1.82) is 0 Å². The summed E-state index contributed by atoms with van der Waals surface area (Å²) in [5.74, 6) is 1.57. The number of aromatic amines is 1.